The molecule has 30 heavy (non-hydrogen) atoms. The highest BCUT2D eigenvalue weighted by Gasteiger charge is 2.38. The van der Waals surface area contributed by atoms with E-state index in [4.69, 9.17) is 4.42 Å². The van der Waals surface area contributed by atoms with E-state index in [2.05, 4.69) is 98.6 Å². The summed E-state index contributed by atoms with van der Waals surface area (Å²) in [5.41, 5.74) is 7.08. The van der Waals surface area contributed by atoms with E-state index in [1.165, 1.54) is 49.1 Å². The van der Waals surface area contributed by atoms with Gasteiger partial charge in [0.15, 0.2) is 11.9 Å². The number of fused-ring (bicyclic) bond motifs is 5. The van der Waals surface area contributed by atoms with E-state index < -0.39 is 0 Å². The maximum absolute atomic E-state index is 6.41. The average molecular weight is 506 g/mol. The molecule has 0 bridgehead atoms. The molecule has 6 rings (SSSR count). The van der Waals surface area contributed by atoms with Crippen molar-refractivity contribution in [2.45, 2.75) is 20.0 Å². The number of para-hydroxylation sites is 2. The Hall–Kier alpha value is -2.57. The molecule has 1 unspecified atom stereocenters. The number of quaternary nitrogens is 1. The Labute approximate surface area is 192 Å². The Balaban J connectivity index is 0.00000193. The minimum atomic E-state index is 0. The molecule has 1 N–H and O–H groups in total. The Morgan fingerprint density at radius 1 is 0.833 bits per heavy atom. The van der Waals surface area contributed by atoms with Crippen LogP contribution in [0.2, 0.25) is 0 Å². The molecule has 5 aromatic rings. The normalized spacial score (nSPS) is 18.2. The Kier molecular flexibility index (Phi) is 4.52. The van der Waals surface area contributed by atoms with Gasteiger partial charge < -0.3 is 33.3 Å². The van der Waals surface area contributed by atoms with Crippen molar-refractivity contribution in [3.05, 3.63) is 78.4 Å². The highest BCUT2D eigenvalue weighted by Crippen LogP contribution is 2.37. The lowest BCUT2D eigenvalue weighted by molar-refractivity contribution is -0.780. The lowest BCUT2D eigenvalue weighted by Crippen LogP contribution is -3.06. The number of aryl methyl sites for hydroxylation is 1. The molecule has 0 amide bonds. The largest absolute Gasteiger partial charge is 1.00 e. The molecule has 2 heterocycles. The molecular formula is C26H23IN2O. The molecule has 3 nitrogen and oxygen atoms in total. The number of nitrogens with zero attached hydrogens (tertiary/aromatic N) is 1. The van der Waals surface area contributed by atoms with Crippen molar-refractivity contribution in [2.24, 2.45) is 0 Å². The summed E-state index contributed by atoms with van der Waals surface area (Å²) in [5, 5.41) is 4.85. The third kappa shape index (κ3) is 2.60. The van der Waals surface area contributed by atoms with Crippen LogP contribution in [0.15, 0.2) is 77.2 Å². The molecule has 0 spiro atoms. The molecule has 4 heteroatoms. The van der Waals surface area contributed by atoms with Crippen LogP contribution in [-0.2, 0) is 0 Å². The van der Waals surface area contributed by atoms with Crippen LogP contribution in [0.5, 0.6) is 0 Å². The smallest absolute Gasteiger partial charge is 0.169 e. The SMILES string of the molecule is Cc1c([NH+]2c3ccccc3N(C)[C@@H]2C)ccc2c1oc1cc3ccccc3cc12.[I-]. The molecular weight excluding hydrogens is 483 g/mol. The fraction of sp³-hybridized carbons (Fsp3) is 0.154. The molecule has 1 aliphatic rings. The van der Waals surface area contributed by atoms with E-state index in [1.54, 1.807) is 0 Å². The third-order valence-corrected chi connectivity index (χ3v) is 6.62. The molecule has 0 aliphatic carbocycles. The van der Waals surface area contributed by atoms with E-state index in [0.29, 0.717) is 6.17 Å². The topological polar surface area (TPSA) is 20.8 Å². The van der Waals surface area contributed by atoms with Crippen LogP contribution < -0.4 is 33.8 Å². The zero-order valence-electron chi connectivity index (χ0n) is 17.2. The van der Waals surface area contributed by atoms with E-state index in [9.17, 15) is 0 Å². The monoisotopic (exact) mass is 506 g/mol. The van der Waals surface area contributed by atoms with E-state index in [0.717, 1.165) is 11.2 Å². The van der Waals surface area contributed by atoms with Crippen LogP contribution in [0.3, 0.4) is 0 Å². The number of rotatable bonds is 1. The van der Waals surface area contributed by atoms with Crippen molar-refractivity contribution in [3.63, 3.8) is 0 Å². The molecule has 0 fully saturated rings. The number of anilines is 1. The maximum Gasteiger partial charge on any atom is 0.169 e. The molecule has 150 valence electrons. The van der Waals surface area contributed by atoms with Crippen molar-refractivity contribution < 1.29 is 33.3 Å². The second kappa shape index (κ2) is 7.00. The van der Waals surface area contributed by atoms with Gasteiger partial charge in [-0.15, -0.1) is 0 Å². The number of nitrogens with one attached hydrogen (secondary N) is 1. The summed E-state index contributed by atoms with van der Waals surface area (Å²) >= 11 is 0. The van der Waals surface area contributed by atoms with Crippen molar-refractivity contribution in [1.29, 1.82) is 0 Å². The standard InChI is InChI=1S/C26H22N2O.HI/c1-16-22(28-17(2)27(3)23-10-6-7-11-24(23)28)13-12-20-21-14-18-8-4-5-9-19(18)15-25(21)29-26(16)20;/h4-15,17H,1-3H3;1H/t17-;/m0./s1. The lowest BCUT2D eigenvalue weighted by atomic mass is 10.0. The first kappa shape index (κ1) is 19.4. The Morgan fingerprint density at radius 3 is 2.33 bits per heavy atom. The lowest BCUT2D eigenvalue weighted by Gasteiger charge is -2.23. The highest BCUT2D eigenvalue weighted by molar-refractivity contribution is 6.11. The van der Waals surface area contributed by atoms with Gasteiger partial charge in [-0.2, -0.15) is 0 Å². The van der Waals surface area contributed by atoms with Crippen molar-refractivity contribution in [1.82, 2.24) is 0 Å². The van der Waals surface area contributed by atoms with E-state index in [-0.39, 0.29) is 24.0 Å². The molecule has 4 aromatic carbocycles. The van der Waals surface area contributed by atoms with Gasteiger partial charge in [-0.1, -0.05) is 36.4 Å². The first-order valence-electron chi connectivity index (χ1n) is 10.2. The fourth-order valence-corrected chi connectivity index (χ4v) is 4.96. The van der Waals surface area contributed by atoms with Gasteiger partial charge in [0.25, 0.3) is 0 Å². The highest BCUT2D eigenvalue weighted by atomic mass is 127. The first-order chi connectivity index (χ1) is 14.1. The summed E-state index contributed by atoms with van der Waals surface area (Å²) in [5.74, 6) is 0. The first-order valence-corrected chi connectivity index (χ1v) is 10.2. The number of furan rings is 1. The van der Waals surface area contributed by atoms with Gasteiger partial charge >= 0.3 is 0 Å². The predicted molar refractivity (Wildman–Crippen MR) is 121 cm³/mol. The zero-order chi connectivity index (χ0) is 19.7. The van der Waals surface area contributed by atoms with E-state index >= 15 is 0 Å². The van der Waals surface area contributed by atoms with Crippen LogP contribution in [0, 0.1) is 6.92 Å². The minimum Gasteiger partial charge on any atom is -1.00 e. The minimum absolute atomic E-state index is 0. The molecule has 0 saturated heterocycles. The number of hydrogen-bond donors (Lipinski definition) is 1. The molecule has 2 atom stereocenters. The summed E-state index contributed by atoms with van der Waals surface area (Å²) < 4.78 is 6.41. The summed E-state index contributed by atoms with van der Waals surface area (Å²) in [4.78, 5) is 3.74. The molecule has 0 saturated carbocycles. The van der Waals surface area contributed by atoms with Crippen LogP contribution >= 0.6 is 0 Å². The summed E-state index contributed by atoms with van der Waals surface area (Å²) in [6, 6.07) is 26.1. The number of benzene rings is 4. The van der Waals surface area contributed by atoms with Crippen LogP contribution in [-0.4, -0.2) is 13.2 Å². The number of hydrogen-bond acceptors (Lipinski definition) is 2. The molecule has 1 aliphatic heterocycles. The molecule has 1 aromatic heterocycles. The quantitative estimate of drug-likeness (QED) is 0.353. The third-order valence-electron chi connectivity index (χ3n) is 6.62. The Morgan fingerprint density at radius 2 is 1.53 bits per heavy atom. The molecule has 0 radical (unpaired) electrons. The Bertz CT molecular complexity index is 1420. The maximum atomic E-state index is 6.41. The van der Waals surface area contributed by atoms with E-state index in [1.807, 2.05) is 0 Å². The van der Waals surface area contributed by atoms with Gasteiger partial charge in [0.2, 0.25) is 0 Å². The second-order valence-corrected chi connectivity index (χ2v) is 8.13. The zero-order valence-corrected chi connectivity index (χ0v) is 19.4. The van der Waals surface area contributed by atoms with Crippen LogP contribution in [0.4, 0.5) is 17.1 Å². The van der Waals surface area contributed by atoms with Gasteiger partial charge in [-0.3, -0.25) is 0 Å². The van der Waals surface area contributed by atoms with Gasteiger partial charge in [0.1, 0.15) is 22.5 Å². The van der Waals surface area contributed by atoms with Gasteiger partial charge in [-0.05, 0) is 42.0 Å². The van der Waals surface area contributed by atoms with Crippen molar-refractivity contribution in [3.8, 4) is 0 Å². The summed E-state index contributed by atoms with van der Waals surface area (Å²) in [6.45, 7) is 4.48. The second-order valence-electron chi connectivity index (χ2n) is 8.13. The van der Waals surface area contributed by atoms with Crippen LogP contribution in [0.1, 0.15) is 12.5 Å². The van der Waals surface area contributed by atoms with Crippen molar-refractivity contribution in [2.75, 3.05) is 11.9 Å². The van der Waals surface area contributed by atoms with Gasteiger partial charge in [-0.25, -0.2) is 4.90 Å². The number of halogens is 1. The fourth-order valence-electron chi connectivity index (χ4n) is 4.96. The predicted octanol–water partition coefficient (Wildman–Crippen LogP) is 2.70. The van der Waals surface area contributed by atoms with Gasteiger partial charge in [0, 0.05) is 36.9 Å². The van der Waals surface area contributed by atoms with Crippen molar-refractivity contribution >= 4 is 49.8 Å². The summed E-state index contributed by atoms with van der Waals surface area (Å²) in [6.07, 6.45) is 0.329. The van der Waals surface area contributed by atoms with Gasteiger partial charge in [0.05, 0.1) is 5.56 Å². The average Bonchev–Trinajstić information content (AvgIpc) is 3.23. The van der Waals surface area contributed by atoms with Crippen LogP contribution in [0.25, 0.3) is 32.7 Å². The summed E-state index contributed by atoms with van der Waals surface area (Å²) in [7, 11) is 2.18.